The first kappa shape index (κ1) is 19.4. The molecular weight excluding hydrogens is 386 g/mol. The second kappa shape index (κ2) is 7.36. The fourth-order valence-corrected chi connectivity index (χ4v) is 4.78. The Morgan fingerprint density at radius 2 is 1.31 bits per heavy atom. The number of aromatic nitrogens is 1. The molecule has 2 aromatic carbocycles. The Labute approximate surface area is 165 Å². The molecule has 26 heavy (non-hydrogen) atoms. The van der Waals surface area contributed by atoms with E-state index >= 15 is 0 Å². The lowest BCUT2D eigenvalue weighted by molar-refractivity contribution is 0.198. The predicted octanol–water partition coefficient (Wildman–Crippen LogP) is 6.74. The Hall–Kier alpha value is -1.32. The zero-order valence-corrected chi connectivity index (χ0v) is 18.7. The van der Waals surface area contributed by atoms with E-state index in [2.05, 4.69) is 75.2 Å². The molecule has 1 saturated heterocycles. The molecule has 1 aromatic heterocycles. The molecule has 0 unspecified atom stereocenters. The van der Waals surface area contributed by atoms with Crippen LogP contribution in [0.5, 0.6) is 0 Å². The highest BCUT2D eigenvalue weighted by molar-refractivity contribution is 9.10. The number of rotatable bonds is 0. The molecule has 4 rings (SSSR count). The van der Waals surface area contributed by atoms with Crippen LogP contribution in [0.3, 0.4) is 0 Å². The van der Waals surface area contributed by atoms with Crippen molar-refractivity contribution in [1.82, 2.24) is 4.57 Å². The van der Waals surface area contributed by atoms with Crippen LogP contribution in [0.25, 0.3) is 21.8 Å². The topological polar surface area (TPSA) is 14.2 Å². The van der Waals surface area contributed by atoms with E-state index in [1.54, 1.807) is 0 Å². The maximum atomic E-state index is 4.94. The Kier molecular flexibility index (Phi) is 5.50. The molecule has 0 aliphatic carbocycles. The third kappa shape index (κ3) is 2.99. The third-order valence-electron chi connectivity index (χ3n) is 6.09. The number of benzene rings is 2. The molecule has 2 nitrogen and oxygen atoms in total. The van der Waals surface area contributed by atoms with Crippen LogP contribution in [0, 0.1) is 41.5 Å². The number of nitrogens with zero attached hydrogens (tertiary/aromatic N) is 1. The van der Waals surface area contributed by atoms with Crippen molar-refractivity contribution >= 4 is 37.7 Å². The minimum atomic E-state index is 1.00. The molecule has 140 valence electrons. The van der Waals surface area contributed by atoms with Crippen molar-refractivity contribution in [3.63, 3.8) is 0 Å². The summed E-state index contributed by atoms with van der Waals surface area (Å²) in [5.41, 5.74) is 11.1. The lowest BCUT2D eigenvalue weighted by atomic mass is 9.93. The zero-order chi connectivity index (χ0) is 19.2. The summed E-state index contributed by atoms with van der Waals surface area (Å²) >= 11 is 3.73. The highest BCUT2D eigenvalue weighted by atomic mass is 79.9. The second-order valence-corrected chi connectivity index (χ2v) is 8.48. The molecule has 0 amide bonds. The first-order chi connectivity index (χ1) is 12.3. The molecule has 3 heteroatoms. The maximum Gasteiger partial charge on any atom is 0.0524 e. The molecular formula is C23H30BrNO. The summed E-state index contributed by atoms with van der Waals surface area (Å²) in [6, 6.07) is 2.24. The molecule has 1 aliphatic heterocycles. The van der Waals surface area contributed by atoms with Gasteiger partial charge >= 0.3 is 0 Å². The Morgan fingerprint density at radius 3 is 1.85 bits per heavy atom. The molecule has 1 aliphatic rings. The highest BCUT2D eigenvalue weighted by Crippen LogP contribution is 2.40. The highest BCUT2D eigenvalue weighted by Gasteiger charge is 2.20. The molecule has 0 radical (unpaired) electrons. The number of aryl methyl sites for hydroxylation is 5. The molecule has 2 heterocycles. The number of hydrogen-bond donors (Lipinski definition) is 0. The van der Waals surface area contributed by atoms with Gasteiger partial charge in [0.15, 0.2) is 0 Å². The van der Waals surface area contributed by atoms with Gasteiger partial charge in [-0.2, -0.15) is 0 Å². The van der Waals surface area contributed by atoms with E-state index in [9.17, 15) is 0 Å². The average molecular weight is 416 g/mol. The molecule has 3 aromatic rings. The van der Waals surface area contributed by atoms with Crippen molar-refractivity contribution in [1.29, 1.82) is 0 Å². The summed E-state index contributed by atoms with van der Waals surface area (Å²) in [5.74, 6) is 0. The van der Waals surface area contributed by atoms with Crippen molar-refractivity contribution in [2.75, 3.05) is 13.2 Å². The summed E-state index contributed by atoms with van der Waals surface area (Å²) in [7, 11) is 2.20. The summed E-state index contributed by atoms with van der Waals surface area (Å²) in [5, 5.41) is 2.83. The number of fused-ring (bicyclic) bond motifs is 3. The lowest BCUT2D eigenvalue weighted by Gasteiger charge is -2.12. The Bertz CT molecular complexity index is 986. The Morgan fingerprint density at radius 1 is 0.769 bits per heavy atom. The summed E-state index contributed by atoms with van der Waals surface area (Å²) in [6.45, 7) is 15.4. The van der Waals surface area contributed by atoms with Crippen LogP contribution < -0.4 is 0 Å². The molecule has 0 spiro atoms. The van der Waals surface area contributed by atoms with E-state index in [0.717, 1.165) is 13.2 Å². The Balaban J connectivity index is 0.000000339. The fourth-order valence-electron chi connectivity index (χ4n) is 4.24. The van der Waals surface area contributed by atoms with E-state index in [-0.39, 0.29) is 0 Å². The van der Waals surface area contributed by atoms with Gasteiger partial charge in [-0.3, -0.25) is 0 Å². The van der Waals surface area contributed by atoms with Crippen molar-refractivity contribution in [3.8, 4) is 0 Å². The average Bonchev–Trinajstić information content (AvgIpc) is 3.26. The lowest BCUT2D eigenvalue weighted by Crippen LogP contribution is -1.96. The van der Waals surface area contributed by atoms with Crippen LogP contribution in [0.1, 0.15) is 46.2 Å². The van der Waals surface area contributed by atoms with E-state index in [1.807, 2.05) is 0 Å². The second-order valence-electron chi connectivity index (χ2n) is 7.63. The normalized spacial score (nSPS) is 14.2. The van der Waals surface area contributed by atoms with Crippen LogP contribution in [0.4, 0.5) is 0 Å². The number of hydrogen-bond acceptors (Lipinski definition) is 1. The van der Waals surface area contributed by atoms with Crippen molar-refractivity contribution in [2.24, 2.45) is 7.05 Å². The van der Waals surface area contributed by atoms with E-state index < -0.39 is 0 Å². The van der Waals surface area contributed by atoms with Crippen LogP contribution in [-0.2, 0) is 11.8 Å². The third-order valence-corrected chi connectivity index (χ3v) is 6.91. The zero-order valence-electron chi connectivity index (χ0n) is 17.1. The summed E-state index contributed by atoms with van der Waals surface area (Å²) < 4.78 is 8.53. The van der Waals surface area contributed by atoms with Crippen LogP contribution in [-0.4, -0.2) is 17.8 Å². The molecule has 0 atom stereocenters. The number of halogens is 1. The molecule has 0 N–H and O–H groups in total. The molecule has 0 saturated carbocycles. The largest absolute Gasteiger partial charge is 0.381 e. The van der Waals surface area contributed by atoms with Gasteiger partial charge in [0.05, 0.1) is 11.0 Å². The standard InChI is InChI=1S/C19H22BrN.C4H8O/c1-9-8-15(20)14(6)17-16-12(4)10(2)11(3)13(5)19(16)21(7)18(9)17;1-2-4-5-3-1/h8H,1-7H3;1-4H2. The van der Waals surface area contributed by atoms with Crippen LogP contribution in [0.15, 0.2) is 10.5 Å². The monoisotopic (exact) mass is 415 g/mol. The van der Waals surface area contributed by atoms with E-state index in [4.69, 9.17) is 4.74 Å². The van der Waals surface area contributed by atoms with Gasteiger partial charge in [0.25, 0.3) is 0 Å². The van der Waals surface area contributed by atoms with Gasteiger partial charge in [-0.25, -0.2) is 0 Å². The van der Waals surface area contributed by atoms with Gasteiger partial charge in [-0.05, 0) is 93.8 Å². The van der Waals surface area contributed by atoms with E-state index in [0.29, 0.717) is 0 Å². The van der Waals surface area contributed by atoms with Crippen molar-refractivity contribution in [3.05, 3.63) is 43.9 Å². The van der Waals surface area contributed by atoms with Gasteiger partial charge in [-0.15, -0.1) is 0 Å². The van der Waals surface area contributed by atoms with Crippen molar-refractivity contribution < 1.29 is 4.74 Å². The molecule has 0 bridgehead atoms. The molecule has 1 fully saturated rings. The van der Waals surface area contributed by atoms with Gasteiger partial charge < -0.3 is 9.30 Å². The van der Waals surface area contributed by atoms with Crippen LogP contribution in [0.2, 0.25) is 0 Å². The maximum absolute atomic E-state index is 4.94. The van der Waals surface area contributed by atoms with Gasteiger partial charge in [-0.1, -0.05) is 15.9 Å². The first-order valence-electron chi connectivity index (χ1n) is 9.49. The summed E-state index contributed by atoms with van der Waals surface area (Å²) in [4.78, 5) is 0. The van der Waals surface area contributed by atoms with Crippen molar-refractivity contribution in [2.45, 2.75) is 54.4 Å². The fraction of sp³-hybridized carbons (Fsp3) is 0.478. The number of ether oxygens (including phenoxy) is 1. The minimum Gasteiger partial charge on any atom is -0.381 e. The minimum absolute atomic E-state index is 1.00. The SMILES string of the molecule is C1CCOC1.Cc1c(C)c(C)c2c(c1C)c1c(C)c(Br)cc(C)c1n2C. The first-order valence-corrected chi connectivity index (χ1v) is 10.3. The van der Waals surface area contributed by atoms with E-state index in [1.165, 1.54) is 72.5 Å². The van der Waals surface area contributed by atoms with Gasteiger partial charge in [0.1, 0.15) is 0 Å². The smallest absolute Gasteiger partial charge is 0.0524 e. The van der Waals surface area contributed by atoms with Gasteiger partial charge in [0.2, 0.25) is 0 Å². The predicted molar refractivity (Wildman–Crippen MR) is 117 cm³/mol. The summed E-state index contributed by atoms with van der Waals surface area (Å²) in [6.07, 6.45) is 2.56. The quantitative estimate of drug-likeness (QED) is 0.396. The van der Waals surface area contributed by atoms with Gasteiger partial charge in [0, 0.05) is 35.5 Å². The van der Waals surface area contributed by atoms with Crippen LogP contribution >= 0.6 is 15.9 Å².